The molecule has 1 aromatic rings. The van der Waals surface area contributed by atoms with Crippen LogP contribution in [0.15, 0.2) is 12.1 Å². The van der Waals surface area contributed by atoms with Crippen LogP contribution in [0, 0.1) is 24.6 Å². The van der Waals surface area contributed by atoms with Crippen LogP contribution in [0.2, 0.25) is 5.02 Å². The predicted molar refractivity (Wildman–Crippen MR) is 108 cm³/mol. The first kappa shape index (κ1) is 22.5. The summed E-state index contributed by atoms with van der Waals surface area (Å²) in [5, 5.41) is 2.90. The van der Waals surface area contributed by atoms with Crippen LogP contribution in [-0.2, 0) is 9.53 Å². The number of carbonyl (C=O) groups is 2. The van der Waals surface area contributed by atoms with Gasteiger partial charge < -0.3 is 15.0 Å². The minimum Gasteiger partial charge on any atom is -0.444 e. The number of alkyl carbamates (subject to hydrolysis) is 1. The normalized spacial score (nSPS) is 22.7. The zero-order valence-corrected chi connectivity index (χ0v) is 18.2. The second-order valence-electron chi connectivity index (χ2n) is 8.75. The average molecular weight is 413 g/mol. The Morgan fingerprint density at radius 2 is 1.82 bits per heavy atom. The number of hydrogen-bond acceptors (Lipinski definition) is 3. The zero-order chi connectivity index (χ0) is 21.2. The van der Waals surface area contributed by atoms with E-state index in [4.69, 9.17) is 16.3 Å². The summed E-state index contributed by atoms with van der Waals surface area (Å²) >= 11 is 5.96. The lowest BCUT2D eigenvalue weighted by Gasteiger charge is -2.42. The molecule has 0 aliphatic carbocycles. The number of hydrogen-bond donors (Lipinski definition) is 1. The molecule has 1 saturated heterocycles. The van der Waals surface area contributed by atoms with Gasteiger partial charge in [0.1, 0.15) is 18.0 Å². The van der Waals surface area contributed by atoms with Crippen molar-refractivity contribution in [3.63, 3.8) is 0 Å². The molecular formula is C21H30ClFN2O3. The van der Waals surface area contributed by atoms with Gasteiger partial charge in [0.05, 0.1) is 0 Å². The maximum absolute atomic E-state index is 14.6. The van der Waals surface area contributed by atoms with Crippen molar-refractivity contribution in [2.24, 2.45) is 11.8 Å². The number of halogens is 2. The summed E-state index contributed by atoms with van der Waals surface area (Å²) < 4.78 is 19.8. The van der Waals surface area contributed by atoms with Crippen LogP contribution in [0.5, 0.6) is 0 Å². The van der Waals surface area contributed by atoms with E-state index in [1.54, 1.807) is 31.7 Å². The van der Waals surface area contributed by atoms with Gasteiger partial charge in [0, 0.05) is 18.1 Å². The topological polar surface area (TPSA) is 58.6 Å². The van der Waals surface area contributed by atoms with Gasteiger partial charge in [-0.15, -0.1) is 0 Å². The number of likely N-dealkylation sites (tertiary alicyclic amines) is 1. The lowest BCUT2D eigenvalue weighted by molar-refractivity contribution is -0.133. The molecule has 28 heavy (non-hydrogen) atoms. The van der Waals surface area contributed by atoms with Crippen LogP contribution in [0.25, 0.3) is 0 Å². The van der Waals surface area contributed by atoms with Gasteiger partial charge in [-0.1, -0.05) is 25.4 Å². The van der Waals surface area contributed by atoms with Crippen LogP contribution in [-0.4, -0.2) is 42.1 Å². The Kier molecular flexibility index (Phi) is 6.97. The molecule has 0 aromatic heterocycles. The van der Waals surface area contributed by atoms with Crippen molar-refractivity contribution in [1.29, 1.82) is 0 Å². The van der Waals surface area contributed by atoms with E-state index in [0.29, 0.717) is 23.7 Å². The van der Waals surface area contributed by atoms with Crippen molar-refractivity contribution in [2.45, 2.75) is 53.1 Å². The van der Waals surface area contributed by atoms with Gasteiger partial charge in [0.25, 0.3) is 0 Å². The third-order valence-corrected chi connectivity index (χ3v) is 5.23. The van der Waals surface area contributed by atoms with Crippen LogP contribution < -0.4 is 5.32 Å². The molecule has 0 bridgehead atoms. The number of benzene rings is 1. The molecule has 156 valence electrons. The number of carbonyl (C=O) groups excluding carboxylic acids is 2. The molecule has 1 unspecified atom stereocenters. The van der Waals surface area contributed by atoms with Gasteiger partial charge in [0.15, 0.2) is 0 Å². The Hall–Kier alpha value is -1.82. The molecule has 1 aromatic carbocycles. The Morgan fingerprint density at radius 1 is 1.25 bits per heavy atom. The standard InChI is InChI=1S/C21H30ClFN2O3/c1-12-7-15(22)8-16(23)19(12)18-13(2)10-25(11-14(18)3)17(26)9-24-20(27)28-21(4,5)6/h7-8,13-14,18H,9-11H2,1-6H3,(H,24,27)/t13-,14+,18?. The van der Waals surface area contributed by atoms with Gasteiger partial charge in [-0.05, 0) is 68.7 Å². The van der Waals surface area contributed by atoms with Gasteiger partial charge in [0.2, 0.25) is 5.91 Å². The van der Waals surface area contributed by atoms with Crippen molar-refractivity contribution in [2.75, 3.05) is 19.6 Å². The molecule has 2 amide bonds. The first-order valence-electron chi connectivity index (χ1n) is 9.59. The third kappa shape index (κ3) is 5.60. The van der Waals surface area contributed by atoms with Crippen LogP contribution in [0.3, 0.4) is 0 Å². The molecule has 1 N–H and O–H groups in total. The Bertz CT molecular complexity index is 713. The third-order valence-electron chi connectivity index (χ3n) is 5.01. The number of rotatable bonds is 3. The van der Waals surface area contributed by atoms with Gasteiger partial charge >= 0.3 is 6.09 Å². The summed E-state index contributed by atoms with van der Waals surface area (Å²) in [5.74, 6) is -0.316. The van der Waals surface area contributed by atoms with E-state index < -0.39 is 11.7 Å². The Morgan fingerprint density at radius 3 is 2.32 bits per heavy atom. The SMILES string of the molecule is Cc1cc(Cl)cc(F)c1C1[C@H](C)CN(C(=O)CNC(=O)OC(C)(C)C)C[C@@H]1C. The molecule has 0 spiro atoms. The fraction of sp³-hybridized carbons (Fsp3) is 0.619. The summed E-state index contributed by atoms with van der Waals surface area (Å²) in [6, 6.07) is 3.13. The van der Waals surface area contributed by atoms with E-state index in [1.807, 2.05) is 20.8 Å². The summed E-state index contributed by atoms with van der Waals surface area (Å²) in [4.78, 5) is 26.0. The number of aryl methyl sites for hydroxylation is 1. The molecule has 3 atom stereocenters. The minimum absolute atomic E-state index is 0.000122. The highest BCUT2D eigenvalue weighted by Crippen LogP contribution is 2.40. The highest BCUT2D eigenvalue weighted by atomic mass is 35.5. The molecule has 2 rings (SSSR count). The summed E-state index contributed by atoms with van der Waals surface area (Å²) in [6.07, 6.45) is -0.615. The molecule has 1 aliphatic rings. The van der Waals surface area contributed by atoms with Crippen molar-refractivity contribution < 1.29 is 18.7 Å². The van der Waals surface area contributed by atoms with E-state index in [2.05, 4.69) is 5.32 Å². The summed E-state index contributed by atoms with van der Waals surface area (Å²) in [7, 11) is 0. The van der Waals surface area contributed by atoms with E-state index >= 15 is 0 Å². The first-order chi connectivity index (χ1) is 12.9. The molecule has 7 heteroatoms. The predicted octanol–water partition coefficient (Wildman–Crippen LogP) is 4.51. The van der Waals surface area contributed by atoms with Crippen LogP contribution in [0.1, 0.15) is 51.7 Å². The highest BCUT2D eigenvalue weighted by Gasteiger charge is 2.37. The Labute approximate surface area is 171 Å². The zero-order valence-electron chi connectivity index (χ0n) is 17.4. The first-order valence-corrected chi connectivity index (χ1v) is 9.97. The van der Waals surface area contributed by atoms with Crippen LogP contribution >= 0.6 is 11.6 Å². The van der Waals surface area contributed by atoms with Crippen molar-refractivity contribution >= 4 is 23.6 Å². The Balaban J connectivity index is 2.03. The fourth-order valence-electron chi connectivity index (χ4n) is 4.04. The van der Waals surface area contributed by atoms with E-state index in [9.17, 15) is 14.0 Å². The molecule has 1 heterocycles. The number of nitrogens with one attached hydrogen (secondary N) is 1. The molecule has 0 saturated carbocycles. The maximum atomic E-state index is 14.6. The minimum atomic E-state index is -0.616. The monoisotopic (exact) mass is 412 g/mol. The molecule has 5 nitrogen and oxygen atoms in total. The summed E-state index contributed by atoms with van der Waals surface area (Å²) in [5.41, 5.74) is 0.901. The average Bonchev–Trinajstić information content (AvgIpc) is 2.52. The maximum Gasteiger partial charge on any atom is 0.408 e. The van der Waals surface area contributed by atoms with Gasteiger partial charge in [-0.3, -0.25) is 4.79 Å². The second kappa shape index (κ2) is 8.68. The molecule has 1 aliphatic heterocycles. The van der Waals surface area contributed by atoms with Crippen LogP contribution in [0.4, 0.5) is 9.18 Å². The second-order valence-corrected chi connectivity index (χ2v) is 9.19. The number of nitrogens with zero attached hydrogens (tertiary/aromatic N) is 1. The number of amides is 2. The van der Waals surface area contributed by atoms with Crippen molar-refractivity contribution in [3.8, 4) is 0 Å². The summed E-state index contributed by atoms with van der Waals surface area (Å²) in [6.45, 7) is 12.1. The van der Waals surface area contributed by atoms with E-state index in [-0.39, 0.29) is 36.0 Å². The van der Waals surface area contributed by atoms with E-state index in [1.165, 1.54) is 6.07 Å². The lowest BCUT2D eigenvalue weighted by atomic mass is 9.73. The van der Waals surface area contributed by atoms with Crippen molar-refractivity contribution in [1.82, 2.24) is 10.2 Å². The number of piperidine rings is 1. The molecule has 1 fully saturated rings. The fourth-order valence-corrected chi connectivity index (χ4v) is 4.30. The number of ether oxygens (including phenoxy) is 1. The highest BCUT2D eigenvalue weighted by molar-refractivity contribution is 6.30. The van der Waals surface area contributed by atoms with Gasteiger partial charge in [-0.25, -0.2) is 9.18 Å². The molecular weight excluding hydrogens is 383 g/mol. The lowest BCUT2D eigenvalue weighted by Crippen LogP contribution is -2.50. The van der Waals surface area contributed by atoms with E-state index in [0.717, 1.165) is 5.56 Å². The smallest absolute Gasteiger partial charge is 0.408 e. The van der Waals surface area contributed by atoms with Gasteiger partial charge in [-0.2, -0.15) is 0 Å². The molecule has 0 radical (unpaired) electrons. The largest absolute Gasteiger partial charge is 0.444 e. The quantitative estimate of drug-likeness (QED) is 0.794. The van der Waals surface area contributed by atoms with Crippen molar-refractivity contribution in [3.05, 3.63) is 34.1 Å².